The summed E-state index contributed by atoms with van der Waals surface area (Å²) in [7, 11) is 1.90. The standard InChI is InChI=1S/C17H29N3O/c1-4-12-20(13-5-2)15-9-17(21)19(3)14-8-16-6-10-18-11-7-16/h6-7,10-11H,4-5,8-9,12-15H2,1-3H3. The maximum atomic E-state index is 12.2. The number of nitrogens with zero attached hydrogens (tertiary/aromatic N) is 3. The molecule has 0 unspecified atom stereocenters. The van der Waals surface area contributed by atoms with Crippen molar-refractivity contribution in [2.24, 2.45) is 0 Å². The summed E-state index contributed by atoms with van der Waals surface area (Å²) in [4.78, 5) is 20.4. The third-order valence-electron chi connectivity index (χ3n) is 3.63. The molecular formula is C17H29N3O. The Hall–Kier alpha value is -1.42. The van der Waals surface area contributed by atoms with E-state index in [0.29, 0.717) is 6.42 Å². The molecule has 0 spiro atoms. The number of carbonyl (C=O) groups excluding carboxylic acids is 1. The van der Waals surface area contributed by atoms with E-state index in [9.17, 15) is 4.79 Å². The summed E-state index contributed by atoms with van der Waals surface area (Å²) in [6.45, 7) is 8.19. The molecule has 0 radical (unpaired) electrons. The lowest BCUT2D eigenvalue weighted by Gasteiger charge is -2.23. The van der Waals surface area contributed by atoms with Crippen LogP contribution in [0.1, 0.15) is 38.7 Å². The average molecular weight is 291 g/mol. The summed E-state index contributed by atoms with van der Waals surface area (Å²) in [5.41, 5.74) is 1.23. The molecule has 0 saturated heterocycles. The van der Waals surface area contributed by atoms with Gasteiger partial charge in [0.25, 0.3) is 0 Å². The molecule has 0 saturated carbocycles. The van der Waals surface area contributed by atoms with E-state index in [2.05, 4.69) is 23.7 Å². The van der Waals surface area contributed by atoms with Crippen LogP contribution in [-0.2, 0) is 11.2 Å². The van der Waals surface area contributed by atoms with Gasteiger partial charge in [-0.15, -0.1) is 0 Å². The van der Waals surface area contributed by atoms with Crippen LogP contribution in [0.4, 0.5) is 0 Å². The van der Waals surface area contributed by atoms with Crippen LogP contribution in [0, 0.1) is 0 Å². The Bertz CT molecular complexity index is 388. The van der Waals surface area contributed by atoms with Crippen LogP contribution in [0.25, 0.3) is 0 Å². The Kier molecular flexibility index (Phi) is 8.67. The molecule has 1 amide bonds. The van der Waals surface area contributed by atoms with Crippen LogP contribution in [0.2, 0.25) is 0 Å². The molecule has 1 aromatic heterocycles. The highest BCUT2D eigenvalue weighted by atomic mass is 16.2. The van der Waals surface area contributed by atoms with E-state index in [1.165, 1.54) is 5.56 Å². The summed E-state index contributed by atoms with van der Waals surface area (Å²) < 4.78 is 0. The third kappa shape index (κ3) is 7.23. The Morgan fingerprint density at radius 3 is 2.24 bits per heavy atom. The van der Waals surface area contributed by atoms with E-state index >= 15 is 0 Å². The van der Waals surface area contributed by atoms with E-state index < -0.39 is 0 Å². The minimum Gasteiger partial charge on any atom is -0.345 e. The van der Waals surface area contributed by atoms with Crippen molar-refractivity contribution in [3.05, 3.63) is 30.1 Å². The highest BCUT2D eigenvalue weighted by Crippen LogP contribution is 2.02. The van der Waals surface area contributed by atoms with Gasteiger partial charge in [-0.1, -0.05) is 13.8 Å². The highest BCUT2D eigenvalue weighted by molar-refractivity contribution is 5.76. The Morgan fingerprint density at radius 2 is 1.67 bits per heavy atom. The summed E-state index contributed by atoms with van der Waals surface area (Å²) >= 11 is 0. The molecule has 4 heteroatoms. The lowest BCUT2D eigenvalue weighted by molar-refractivity contribution is -0.130. The highest BCUT2D eigenvalue weighted by Gasteiger charge is 2.11. The lowest BCUT2D eigenvalue weighted by Crippen LogP contribution is -2.34. The minimum absolute atomic E-state index is 0.237. The van der Waals surface area contributed by atoms with E-state index in [0.717, 1.165) is 45.4 Å². The van der Waals surface area contributed by atoms with Crippen LogP contribution in [-0.4, -0.2) is 53.9 Å². The lowest BCUT2D eigenvalue weighted by atomic mass is 10.2. The fourth-order valence-corrected chi connectivity index (χ4v) is 2.38. The van der Waals surface area contributed by atoms with E-state index in [1.54, 1.807) is 12.4 Å². The van der Waals surface area contributed by atoms with Crippen LogP contribution in [0.3, 0.4) is 0 Å². The van der Waals surface area contributed by atoms with Gasteiger partial charge in [0.05, 0.1) is 0 Å². The first kappa shape index (κ1) is 17.6. The van der Waals surface area contributed by atoms with Gasteiger partial charge in [-0.3, -0.25) is 9.78 Å². The maximum Gasteiger partial charge on any atom is 0.223 e. The van der Waals surface area contributed by atoms with Crippen LogP contribution >= 0.6 is 0 Å². The average Bonchev–Trinajstić information content (AvgIpc) is 2.51. The number of hydrogen-bond acceptors (Lipinski definition) is 3. The number of carbonyl (C=O) groups is 1. The van der Waals surface area contributed by atoms with E-state index in [1.807, 2.05) is 24.1 Å². The first-order valence-electron chi connectivity index (χ1n) is 8.02. The van der Waals surface area contributed by atoms with Crippen molar-refractivity contribution >= 4 is 5.91 Å². The van der Waals surface area contributed by atoms with Gasteiger partial charge in [0.15, 0.2) is 0 Å². The summed E-state index contributed by atoms with van der Waals surface area (Å²) in [5.74, 6) is 0.237. The molecule has 1 rings (SSSR count). The van der Waals surface area contributed by atoms with Gasteiger partial charge in [0.2, 0.25) is 5.91 Å². The second-order valence-corrected chi connectivity index (χ2v) is 5.51. The fourth-order valence-electron chi connectivity index (χ4n) is 2.38. The molecule has 1 heterocycles. The first-order valence-corrected chi connectivity index (χ1v) is 8.02. The molecule has 4 nitrogen and oxygen atoms in total. The number of likely N-dealkylation sites (N-methyl/N-ethyl adjacent to an activating group) is 1. The van der Waals surface area contributed by atoms with Crippen molar-refractivity contribution < 1.29 is 4.79 Å². The van der Waals surface area contributed by atoms with Crippen LogP contribution in [0.15, 0.2) is 24.5 Å². The van der Waals surface area contributed by atoms with Gasteiger partial charge in [0.1, 0.15) is 0 Å². The van der Waals surface area contributed by atoms with Crippen LogP contribution in [0.5, 0.6) is 0 Å². The summed E-state index contributed by atoms with van der Waals surface area (Å²) in [6.07, 6.45) is 7.39. The monoisotopic (exact) mass is 291 g/mol. The molecule has 0 aliphatic carbocycles. The third-order valence-corrected chi connectivity index (χ3v) is 3.63. The van der Waals surface area contributed by atoms with Crippen molar-refractivity contribution in [1.29, 1.82) is 0 Å². The minimum atomic E-state index is 0.237. The Morgan fingerprint density at radius 1 is 1.05 bits per heavy atom. The van der Waals surface area contributed by atoms with Gasteiger partial charge >= 0.3 is 0 Å². The molecule has 0 bridgehead atoms. The molecule has 118 valence electrons. The quantitative estimate of drug-likeness (QED) is 0.665. The molecule has 0 aliphatic heterocycles. The number of rotatable bonds is 10. The van der Waals surface area contributed by atoms with Gasteiger partial charge in [-0.2, -0.15) is 0 Å². The second kappa shape index (κ2) is 10.3. The molecule has 0 N–H and O–H groups in total. The van der Waals surface area contributed by atoms with Crippen molar-refractivity contribution in [3.63, 3.8) is 0 Å². The van der Waals surface area contributed by atoms with Crippen molar-refractivity contribution in [3.8, 4) is 0 Å². The van der Waals surface area contributed by atoms with Crippen molar-refractivity contribution in [1.82, 2.24) is 14.8 Å². The predicted molar refractivity (Wildman–Crippen MR) is 87.2 cm³/mol. The molecule has 0 atom stereocenters. The van der Waals surface area contributed by atoms with Gasteiger partial charge < -0.3 is 9.80 Å². The fraction of sp³-hybridized carbons (Fsp3) is 0.647. The number of amides is 1. The SMILES string of the molecule is CCCN(CCC)CCC(=O)N(C)CCc1ccncc1. The first-order chi connectivity index (χ1) is 10.2. The Balaban J connectivity index is 2.30. The van der Waals surface area contributed by atoms with Gasteiger partial charge in [-0.05, 0) is 50.0 Å². The number of pyridine rings is 1. The molecular weight excluding hydrogens is 262 g/mol. The number of aromatic nitrogens is 1. The van der Waals surface area contributed by atoms with Crippen molar-refractivity contribution in [2.75, 3.05) is 33.2 Å². The number of hydrogen-bond donors (Lipinski definition) is 0. The Labute approximate surface area is 129 Å². The predicted octanol–water partition coefficient (Wildman–Crippen LogP) is 2.59. The second-order valence-electron chi connectivity index (χ2n) is 5.51. The molecule has 0 aromatic carbocycles. The van der Waals surface area contributed by atoms with Gasteiger partial charge in [0, 0.05) is 39.0 Å². The van der Waals surface area contributed by atoms with Crippen molar-refractivity contribution in [2.45, 2.75) is 39.5 Å². The smallest absolute Gasteiger partial charge is 0.223 e. The molecule has 21 heavy (non-hydrogen) atoms. The largest absolute Gasteiger partial charge is 0.345 e. The van der Waals surface area contributed by atoms with Gasteiger partial charge in [-0.25, -0.2) is 0 Å². The zero-order valence-electron chi connectivity index (χ0n) is 13.7. The molecule has 1 aromatic rings. The summed E-state index contributed by atoms with van der Waals surface area (Å²) in [5, 5.41) is 0. The zero-order chi connectivity index (χ0) is 15.5. The van der Waals surface area contributed by atoms with Crippen LogP contribution < -0.4 is 0 Å². The molecule has 0 aliphatic rings. The summed E-state index contributed by atoms with van der Waals surface area (Å²) in [6, 6.07) is 4.01. The maximum absolute atomic E-state index is 12.2. The van der Waals surface area contributed by atoms with E-state index in [4.69, 9.17) is 0 Å². The topological polar surface area (TPSA) is 36.4 Å². The normalized spacial score (nSPS) is 10.9. The van der Waals surface area contributed by atoms with E-state index in [-0.39, 0.29) is 5.91 Å². The zero-order valence-corrected chi connectivity index (χ0v) is 13.7. The molecule has 0 fully saturated rings.